The number of fused-ring (bicyclic) bond motifs is 3. The fraction of sp³-hybridized carbons (Fsp3) is 0.481. The number of rotatable bonds is 3. The molecule has 2 unspecified atom stereocenters. The van der Waals surface area contributed by atoms with Crippen LogP contribution in [0.1, 0.15) is 50.2 Å². The van der Waals surface area contributed by atoms with Crippen LogP contribution in [0.2, 0.25) is 5.02 Å². The SMILES string of the molecule is CCC(=O)N1CCC2CCCC(CN(C(=O)Cc3ccccc3Cl)Cc3ccccc31)N2C. The Kier molecular flexibility index (Phi) is 7.71. The highest BCUT2D eigenvalue weighted by Crippen LogP contribution is 2.30. The number of nitrogens with zero attached hydrogens (tertiary/aromatic N) is 3. The van der Waals surface area contributed by atoms with E-state index in [-0.39, 0.29) is 18.2 Å². The molecule has 2 atom stereocenters. The van der Waals surface area contributed by atoms with E-state index in [0.29, 0.717) is 43.2 Å². The second kappa shape index (κ2) is 10.7. The molecule has 2 heterocycles. The van der Waals surface area contributed by atoms with E-state index < -0.39 is 0 Å². The summed E-state index contributed by atoms with van der Waals surface area (Å²) in [6.07, 6.45) is 5.06. The summed E-state index contributed by atoms with van der Waals surface area (Å²) in [6, 6.07) is 16.3. The van der Waals surface area contributed by atoms with Crippen molar-refractivity contribution in [3.05, 3.63) is 64.7 Å². The van der Waals surface area contributed by atoms with Gasteiger partial charge in [0.05, 0.1) is 6.42 Å². The summed E-state index contributed by atoms with van der Waals surface area (Å²) in [6.45, 7) is 3.80. The lowest BCUT2D eigenvalue weighted by Crippen LogP contribution is -2.51. The molecule has 2 amide bonds. The lowest BCUT2D eigenvalue weighted by molar-refractivity contribution is -0.132. The molecule has 0 spiro atoms. The largest absolute Gasteiger partial charge is 0.336 e. The van der Waals surface area contributed by atoms with Gasteiger partial charge in [-0.2, -0.15) is 0 Å². The zero-order chi connectivity index (χ0) is 23.4. The fourth-order valence-corrected chi connectivity index (χ4v) is 5.45. The Hall–Kier alpha value is -2.37. The molecule has 0 saturated carbocycles. The van der Waals surface area contributed by atoms with Crippen LogP contribution in [0.3, 0.4) is 0 Å². The highest BCUT2D eigenvalue weighted by molar-refractivity contribution is 6.31. The summed E-state index contributed by atoms with van der Waals surface area (Å²) >= 11 is 6.37. The average molecular weight is 468 g/mol. The third kappa shape index (κ3) is 5.42. The van der Waals surface area contributed by atoms with Crippen molar-refractivity contribution in [2.24, 2.45) is 0 Å². The van der Waals surface area contributed by atoms with E-state index in [4.69, 9.17) is 11.6 Å². The molecule has 2 aliphatic rings. The van der Waals surface area contributed by atoms with Gasteiger partial charge in [0.2, 0.25) is 11.8 Å². The number of amides is 2. The molecule has 176 valence electrons. The Morgan fingerprint density at radius 1 is 0.970 bits per heavy atom. The predicted octanol–water partition coefficient (Wildman–Crippen LogP) is 4.91. The maximum absolute atomic E-state index is 13.6. The zero-order valence-electron chi connectivity index (χ0n) is 19.7. The van der Waals surface area contributed by atoms with E-state index in [1.807, 2.05) is 59.2 Å². The Labute approximate surface area is 202 Å². The number of carbonyl (C=O) groups excluding carboxylic acids is 2. The van der Waals surface area contributed by atoms with Crippen LogP contribution in [-0.4, -0.2) is 53.8 Å². The van der Waals surface area contributed by atoms with Gasteiger partial charge in [-0.1, -0.05) is 61.3 Å². The van der Waals surface area contributed by atoms with E-state index in [2.05, 4.69) is 18.0 Å². The first-order valence-electron chi connectivity index (χ1n) is 12.1. The van der Waals surface area contributed by atoms with Crippen LogP contribution in [0.5, 0.6) is 0 Å². The minimum absolute atomic E-state index is 0.0704. The van der Waals surface area contributed by atoms with Crippen molar-refractivity contribution in [2.45, 2.75) is 64.1 Å². The Morgan fingerprint density at radius 2 is 1.70 bits per heavy atom. The highest BCUT2D eigenvalue weighted by Gasteiger charge is 2.32. The summed E-state index contributed by atoms with van der Waals surface area (Å²) in [5.41, 5.74) is 2.80. The number of benzene rings is 2. The fourth-order valence-electron chi connectivity index (χ4n) is 5.25. The average Bonchev–Trinajstić information content (AvgIpc) is 2.83. The molecule has 0 radical (unpaired) electrons. The van der Waals surface area contributed by atoms with Crippen molar-refractivity contribution in [3.63, 3.8) is 0 Å². The summed E-state index contributed by atoms with van der Waals surface area (Å²) in [5.74, 6) is 0.201. The number of carbonyl (C=O) groups is 2. The van der Waals surface area contributed by atoms with Crippen LogP contribution in [0.15, 0.2) is 48.5 Å². The molecule has 1 saturated heterocycles. The van der Waals surface area contributed by atoms with Gasteiger partial charge in [0.1, 0.15) is 0 Å². The molecule has 2 aromatic rings. The molecule has 33 heavy (non-hydrogen) atoms. The number of likely N-dealkylation sites (N-methyl/N-ethyl adjacent to an activating group) is 1. The lowest BCUT2D eigenvalue weighted by Gasteiger charge is -2.42. The van der Waals surface area contributed by atoms with E-state index in [0.717, 1.165) is 42.5 Å². The molecular formula is C27H34ClN3O2. The van der Waals surface area contributed by atoms with Crippen LogP contribution < -0.4 is 4.90 Å². The first kappa shape index (κ1) is 23.8. The second-order valence-electron chi connectivity index (χ2n) is 9.26. The van der Waals surface area contributed by atoms with E-state index in [1.54, 1.807) is 0 Å². The molecule has 0 aromatic heterocycles. The van der Waals surface area contributed by atoms with Crippen molar-refractivity contribution in [2.75, 3.05) is 25.0 Å². The molecule has 0 aliphatic carbocycles. The maximum Gasteiger partial charge on any atom is 0.227 e. The van der Waals surface area contributed by atoms with Crippen molar-refractivity contribution < 1.29 is 9.59 Å². The third-order valence-corrected chi connectivity index (χ3v) is 7.61. The molecule has 4 rings (SSSR count). The molecule has 1 fully saturated rings. The molecule has 5 nitrogen and oxygen atoms in total. The molecule has 0 N–H and O–H groups in total. The summed E-state index contributed by atoms with van der Waals surface area (Å²) < 4.78 is 0. The van der Waals surface area contributed by atoms with Gasteiger partial charge in [-0.15, -0.1) is 0 Å². The number of piperidine rings is 1. The highest BCUT2D eigenvalue weighted by atomic mass is 35.5. The topological polar surface area (TPSA) is 43.9 Å². The molecule has 2 aromatic carbocycles. The number of halogens is 1. The predicted molar refractivity (Wildman–Crippen MR) is 133 cm³/mol. The van der Waals surface area contributed by atoms with E-state index in [9.17, 15) is 9.59 Å². The Bertz CT molecular complexity index is 995. The zero-order valence-corrected chi connectivity index (χ0v) is 20.4. The van der Waals surface area contributed by atoms with E-state index >= 15 is 0 Å². The standard InChI is InChI=1S/C27H34ClN3O2/c1-3-26(32)31-16-15-22-11-8-12-23(29(22)2)19-30(18-21-10-5-7-14-25(21)31)27(33)17-20-9-4-6-13-24(20)28/h4-7,9-10,13-14,22-23H,3,8,11-12,15-19H2,1-2H3. The van der Waals surface area contributed by atoms with Crippen LogP contribution >= 0.6 is 11.6 Å². The minimum Gasteiger partial charge on any atom is -0.336 e. The normalized spacial score (nSPS) is 21.8. The van der Waals surface area contributed by atoms with Gasteiger partial charge in [-0.3, -0.25) is 14.5 Å². The van der Waals surface area contributed by atoms with E-state index in [1.165, 1.54) is 0 Å². The van der Waals surface area contributed by atoms with Gasteiger partial charge in [-0.05, 0) is 49.6 Å². The van der Waals surface area contributed by atoms with Gasteiger partial charge in [0.15, 0.2) is 0 Å². The summed E-state index contributed by atoms with van der Waals surface area (Å²) in [7, 11) is 2.18. The van der Waals surface area contributed by atoms with Crippen LogP contribution in [0, 0.1) is 0 Å². The number of hydrogen-bond donors (Lipinski definition) is 0. The third-order valence-electron chi connectivity index (χ3n) is 7.24. The van der Waals surface area contributed by atoms with Gasteiger partial charge >= 0.3 is 0 Å². The lowest BCUT2D eigenvalue weighted by atomic mass is 9.93. The van der Waals surface area contributed by atoms with Gasteiger partial charge in [0, 0.05) is 48.8 Å². The van der Waals surface area contributed by atoms with Crippen molar-refractivity contribution in [3.8, 4) is 0 Å². The molecule has 2 bridgehead atoms. The van der Waals surface area contributed by atoms with Gasteiger partial charge < -0.3 is 9.80 Å². The molecule has 2 aliphatic heterocycles. The van der Waals surface area contributed by atoms with Crippen LogP contribution in [0.25, 0.3) is 0 Å². The van der Waals surface area contributed by atoms with Crippen molar-refractivity contribution in [1.29, 1.82) is 0 Å². The first-order chi connectivity index (χ1) is 16.0. The number of hydrogen-bond acceptors (Lipinski definition) is 3. The number of para-hydroxylation sites is 1. The monoisotopic (exact) mass is 467 g/mol. The number of anilines is 1. The second-order valence-corrected chi connectivity index (χ2v) is 9.67. The molecule has 6 heteroatoms. The van der Waals surface area contributed by atoms with Crippen molar-refractivity contribution >= 4 is 29.1 Å². The van der Waals surface area contributed by atoms with Crippen LogP contribution in [-0.2, 0) is 22.6 Å². The van der Waals surface area contributed by atoms with Gasteiger partial charge in [0.25, 0.3) is 0 Å². The maximum atomic E-state index is 13.6. The summed E-state index contributed by atoms with van der Waals surface area (Å²) in [5, 5.41) is 0.624. The molecular weight excluding hydrogens is 434 g/mol. The van der Waals surface area contributed by atoms with Crippen molar-refractivity contribution in [1.82, 2.24) is 9.80 Å². The quantitative estimate of drug-likeness (QED) is 0.644. The van der Waals surface area contributed by atoms with Crippen LogP contribution in [0.4, 0.5) is 5.69 Å². The minimum atomic E-state index is 0.0704. The van der Waals surface area contributed by atoms with Gasteiger partial charge in [-0.25, -0.2) is 0 Å². The Morgan fingerprint density at radius 3 is 2.48 bits per heavy atom. The summed E-state index contributed by atoms with van der Waals surface area (Å²) in [4.78, 5) is 32.9. The smallest absolute Gasteiger partial charge is 0.227 e. The Balaban J connectivity index is 1.70. The first-order valence-corrected chi connectivity index (χ1v) is 12.5.